The molecule has 5 nitrogen and oxygen atoms in total. The van der Waals surface area contributed by atoms with Gasteiger partial charge in [-0.3, -0.25) is 0 Å². The van der Waals surface area contributed by atoms with Crippen LogP contribution in [0.25, 0.3) is 0 Å². The maximum absolute atomic E-state index is 9.22. The van der Waals surface area contributed by atoms with Gasteiger partial charge in [-0.05, 0) is 0 Å². The number of phosphoric acid groups is 1. The molecule has 0 rings (SSSR count). The maximum atomic E-state index is 9.22. The number of hydrogen-bond acceptors (Lipinski definition) is 3. The van der Waals surface area contributed by atoms with Crippen LogP contribution in [-0.2, 0) is 9.24 Å². The first-order valence-corrected chi connectivity index (χ1v) is 2.48. The molecule has 48 valence electrons. The molecule has 0 fully saturated rings. The molecule has 0 aromatic carbocycles. The van der Waals surface area contributed by atoms with Crippen LogP contribution < -0.4 is 0 Å². The van der Waals surface area contributed by atoms with E-state index in [1.807, 2.05) is 0 Å². The first-order chi connectivity index (χ1) is 2.56. The summed E-state index contributed by atoms with van der Waals surface area (Å²) in [6, 6.07) is 0. The Labute approximate surface area is 86.3 Å². The molecule has 0 spiro atoms. The molecule has 0 saturated carbocycles. The zero-order chi connectivity index (χ0) is 5.21. The summed E-state index contributed by atoms with van der Waals surface area (Å²) in [7, 11) is -4.59. The van der Waals surface area contributed by atoms with Crippen LogP contribution in [0.2, 0.25) is 0 Å². The molecule has 0 amide bonds. The van der Waals surface area contributed by atoms with Gasteiger partial charge in [0.15, 0.2) is 17.4 Å². The fourth-order valence-electron chi connectivity index (χ4n) is 0. The normalized spacial score (nSPS) is 8.88. The third-order valence-corrected chi connectivity index (χ3v) is 0.319. The molecule has 0 unspecified atom stereocenters. The molecule has 0 bridgehead atoms. The molecule has 8 heteroatoms. The summed E-state index contributed by atoms with van der Waals surface area (Å²) in [5.41, 5.74) is 0. The van der Waals surface area contributed by atoms with Crippen LogP contribution >= 0.6 is 7.82 Å². The third kappa shape index (κ3) is 15.7. The Bertz CT molecular complexity index is 76.5. The van der Waals surface area contributed by atoms with E-state index in [-0.39, 0.29) is 55.1 Å². The summed E-state index contributed by atoms with van der Waals surface area (Å²) < 4.78 is 11.8. The van der Waals surface area contributed by atoms with Crippen LogP contribution in [0, 0.1) is 0 Å². The second-order valence-electron chi connectivity index (χ2n) is 0.572. The summed E-state index contributed by atoms with van der Waals surface area (Å²) >= 11 is 0. The first-order valence-electron chi connectivity index (χ1n) is 0.948. The van der Waals surface area contributed by atoms with Gasteiger partial charge in [0.2, 0.25) is 0 Å². The van der Waals surface area contributed by atoms with Crippen LogP contribution in [0.3, 0.4) is 0 Å². The van der Waals surface area contributed by atoms with E-state index in [1.54, 1.807) is 0 Å². The standard InChI is InChI=1S/Al.Ca.H3O5P.5H/c;;1-5-6(2,3)4;;;;;/h;;1H,(H2,2,3,4);;;;;. The topological polar surface area (TPSA) is 87.0 Å². The SMILES string of the molecule is O=P(O)(O)OO.[AlH3].[CaH2]. The molecule has 3 N–H and O–H groups in total. The molecule has 0 atom stereocenters. The van der Waals surface area contributed by atoms with E-state index in [1.165, 1.54) is 0 Å². The molecule has 0 heterocycles. The van der Waals surface area contributed by atoms with E-state index >= 15 is 0 Å². The minimum absolute atomic E-state index is 0. The third-order valence-electron chi connectivity index (χ3n) is 0.106. The van der Waals surface area contributed by atoms with Gasteiger partial charge in [-0.25, -0.2) is 9.82 Å². The second-order valence-corrected chi connectivity index (χ2v) is 1.72. The quantitative estimate of drug-likeness (QED) is 0.182. The van der Waals surface area contributed by atoms with Crippen molar-refractivity contribution in [3.63, 3.8) is 0 Å². The molecule has 0 aliphatic rings. The molecule has 0 aliphatic carbocycles. The molecule has 0 radical (unpaired) electrons. The average molecular weight is 186 g/mol. The van der Waals surface area contributed by atoms with Gasteiger partial charge in [-0.15, -0.1) is 4.67 Å². The van der Waals surface area contributed by atoms with Crippen LogP contribution in [-0.4, -0.2) is 70.1 Å². The van der Waals surface area contributed by atoms with Gasteiger partial charge in [0, 0.05) is 0 Å². The Hall–Kier alpha value is 1.86. The zero-order valence-electron chi connectivity index (χ0n) is 2.61. The van der Waals surface area contributed by atoms with E-state index in [9.17, 15) is 4.57 Å². The molecular weight excluding hydrogens is 178 g/mol. The van der Waals surface area contributed by atoms with E-state index in [0.29, 0.717) is 0 Å². The van der Waals surface area contributed by atoms with Gasteiger partial charge >= 0.3 is 45.6 Å². The van der Waals surface area contributed by atoms with Crippen molar-refractivity contribution in [2.75, 3.05) is 0 Å². The van der Waals surface area contributed by atoms with Gasteiger partial charge in [-0.1, -0.05) is 0 Å². The summed E-state index contributed by atoms with van der Waals surface area (Å²) in [5.74, 6) is 0. The van der Waals surface area contributed by atoms with Crippen molar-refractivity contribution >= 4 is 62.9 Å². The molecule has 0 aromatic rings. The first kappa shape index (κ1) is 16.4. The van der Waals surface area contributed by atoms with Crippen molar-refractivity contribution in [2.45, 2.75) is 0 Å². The Balaban J connectivity index is -0.000000125. The van der Waals surface area contributed by atoms with Crippen LogP contribution in [0.5, 0.6) is 0 Å². The Kier molecular flexibility index (Phi) is 14.3. The molecule has 0 aliphatic heterocycles. The fourth-order valence-corrected chi connectivity index (χ4v) is 0. The Morgan fingerprint density at radius 2 is 1.50 bits per heavy atom. The van der Waals surface area contributed by atoms with Crippen molar-refractivity contribution in [3.05, 3.63) is 0 Å². The predicted octanol–water partition coefficient (Wildman–Crippen LogP) is -2.53. The van der Waals surface area contributed by atoms with Crippen molar-refractivity contribution in [1.29, 1.82) is 0 Å². The summed E-state index contributed by atoms with van der Waals surface area (Å²) in [5, 5.41) is 7.14. The van der Waals surface area contributed by atoms with Crippen LogP contribution in [0.15, 0.2) is 0 Å². The predicted molar refractivity (Wildman–Crippen MR) is 34.2 cm³/mol. The van der Waals surface area contributed by atoms with Crippen molar-refractivity contribution in [3.8, 4) is 0 Å². The minimum atomic E-state index is -4.59. The zero-order valence-corrected chi connectivity index (χ0v) is 3.50. The van der Waals surface area contributed by atoms with Gasteiger partial charge in [0.1, 0.15) is 0 Å². The molecule has 8 heavy (non-hydrogen) atoms. The second kappa shape index (κ2) is 6.98. The number of rotatable bonds is 1. The monoisotopic (exact) mass is 186 g/mol. The van der Waals surface area contributed by atoms with E-state index in [2.05, 4.69) is 4.67 Å². The number of hydrogen-bond donors (Lipinski definition) is 3. The van der Waals surface area contributed by atoms with Crippen molar-refractivity contribution < 1.29 is 24.3 Å². The molecule has 0 saturated heterocycles. The van der Waals surface area contributed by atoms with Crippen LogP contribution in [0.1, 0.15) is 0 Å². The van der Waals surface area contributed by atoms with E-state index in [0.717, 1.165) is 0 Å². The summed E-state index contributed by atoms with van der Waals surface area (Å²) in [6.07, 6.45) is 0. The Morgan fingerprint density at radius 3 is 1.50 bits per heavy atom. The van der Waals surface area contributed by atoms with Gasteiger partial charge < -0.3 is 9.79 Å². The molecule has 0 aromatic heterocycles. The summed E-state index contributed by atoms with van der Waals surface area (Å²) in [6.45, 7) is 0. The van der Waals surface area contributed by atoms with Gasteiger partial charge in [0.05, 0.1) is 0 Å². The fraction of sp³-hybridized carbons (Fsp3) is 0. The van der Waals surface area contributed by atoms with Gasteiger partial charge in [0.25, 0.3) is 0 Å². The summed E-state index contributed by atoms with van der Waals surface area (Å²) in [4.78, 5) is 14.9. The van der Waals surface area contributed by atoms with Crippen LogP contribution in [0.4, 0.5) is 0 Å². The van der Waals surface area contributed by atoms with Crippen molar-refractivity contribution in [2.24, 2.45) is 0 Å². The Morgan fingerprint density at radius 1 is 1.38 bits per heavy atom. The molecular formula is H8AlCaO5P. The van der Waals surface area contributed by atoms with Crippen molar-refractivity contribution in [1.82, 2.24) is 0 Å². The van der Waals surface area contributed by atoms with E-state index < -0.39 is 7.82 Å². The van der Waals surface area contributed by atoms with Gasteiger partial charge in [-0.2, -0.15) is 0 Å². The average Bonchev–Trinajstić information content (AvgIpc) is 1.35. The van der Waals surface area contributed by atoms with E-state index in [4.69, 9.17) is 15.0 Å².